The topological polar surface area (TPSA) is 81.5 Å². The van der Waals surface area contributed by atoms with Gasteiger partial charge in [-0.3, -0.25) is 14.9 Å². The molecule has 0 bridgehead atoms. The number of carbonyl (C=O) groups excluding carboxylic acids is 1. The zero-order chi connectivity index (χ0) is 17.6. The van der Waals surface area contributed by atoms with E-state index in [1.807, 2.05) is 30.3 Å². The molecule has 0 unspecified atom stereocenters. The Labute approximate surface area is 149 Å². The monoisotopic (exact) mass is 358 g/mol. The minimum absolute atomic E-state index is 0.0341. The maximum Gasteiger partial charge on any atom is 0.284 e. The van der Waals surface area contributed by atoms with Crippen LogP contribution in [0.5, 0.6) is 0 Å². The largest absolute Gasteiger partial charge is 0.376 e. The van der Waals surface area contributed by atoms with Crippen LogP contribution in [0.15, 0.2) is 58.3 Å². The first-order valence-electron chi connectivity index (χ1n) is 8.04. The second-order valence-electron chi connectivity index (χ2n) is 5.70. The van der Waals surface area contributed by atoms with Crippen LogP contribution in [0.2, 0.25) is 0 Å². The molecule has 1 saturated heterocycles. The smallest absolute Gasteiger partial charge is 0.284 e. The first kappa shape index (κ1) is 17.4. The SMILES string of the molecule is O=C(NC[C@@H]1CCCO1)c1ccc(Sc2ccccc2)c([N+](=O)[O-])c1. The van der Waals surface area contributed by atoms with Crippen LogP contribution < -0.4 is 5.32 Å². The first-order chi connectivity index (χ1) is 12.1. The van der Waals surface area contributed by atoms with Gasteiger partial charge in [-0.05, 0) is 37.1 Å². The third kappa shape index (κ3) is 4.58. The lowest BCUT2D eigenvalue weighted by Crippen LogP contribution is -2.31. The van der Waals surface area contributed by atoms with Crippen molar-refractivity contribution in [3.8, 4) is 0 Å². The Hall–Kier alpha value is -2.38. The summed E-state index contributed by atoms with van der Waals surface area (Å²) < 4.78 is 5.46. The van der Waals surface area contributed by atoms with E-state index in [1.165, 1.54) is 17.8 Å². The molecule has 3 rings (SSSR count). The van der Waals surface area contributed by atoms with Gasteiger partial charge in [-0.2, -0.15) is 0 Å². The number of rotatable bonds is 6. The molecular weight excluding hydrogens is 340 g/mol. The average Bonchev–Trinajstić information content (AvgIpc) is 3.14. The maximum atomic E-state index is 12.2. The number of hydrogen-bond acceptors (Lipinski definition) is 5. The van der Waals surface area contributed by atoms with Gasteiger partial charge in [0.1, 0.15) is 0 Å². The highest BCUT2D eigenvalue weighted by Gasteiger charge is 2.20. The molecule has 7 heteroatoms. The number of hydrogen-bond donors (Lipinski definition) is 1. The van der Waals surface area contributed by atoms with Gasteiger partial charge in [0.25, 0.3) is 11.6 Å². The Morgan fingerprint density at radius 1 is 1.28 bits per heavy atom. The standard InChI is InChI=1S/C18H18N2O4S/c21-18(19-12-14-5-4-10-24-14)13-8-9-17(16(11-13)20(22)23)25-15-6-2-1-3-7-15/h1-3,6-9,11,14H,4-5,10,12H2,(H,19,21)/t14-/m0/s1. The van der Waals surface area contributed by atoms with Gasteiger partial charge < -0.3 is 10.1 Å². The summed E-state index contributed by atoms with van der Waals surface area (Å²) in [6, 6.07) is 14.0. The molecular formula is C18H18N2O4S. The summed E-state index contributed by atoms with van der Waals surface area (Å²) in [6.45, 7) is 1.14. The van der Waals surface area contributed by atoms with Crippen LogP contribution in [-0.4, -0.2) is 30.1 Å². The Morgan fingerprint density at radius 3 is 2.76 bits per heavy atom. The van der Waals surface area contributed by atoms with Crippen LogP contribution in [0.3, 0.4) is 0 Å². The predicted molar refractivity (Wildman–Crippen MR) is 95.0 cm³/mol. The van der Waals surface area contributed by atoms with E-state index >= 15 is 0 Å². The van der Waals surface area contributed by atoms with Gasteiger partial charge in [0.15, 0.2) is 0 Å². The van der Waals surface area contributed by atoms with Crippen molar-refractivity contribution < 1.29 is 14.5 Å². The van der Waals surface area contributed by atoms with Gasteiger partial charge in [0, 0.05) is 29.7 Å². The van der Waals surface area contributed by atoms with Crippen LogP contribution >= 0.6 is 11.8 Å². The maximum absolute atomic E-state index is 12.2. The molecule has 25 heavy (non-hydrogen) atoms. The predicted octanol–water partition coefficient (Wildman–Crippen LogP) is 3.65. The molecule has 1 heterocycles. The summed E-state index contributed by atoms with van der Waals surface area (Å²) in [7, 11) is 0. The Kier molecular flexibility index (Phi) is 5.67. The Morgan fingerprint density at radius 2 is 2.08 bits per heavy atom. The number of carbonyl (C=O) groups is 1. The highest BCUT2D eigenvalue weighted by Crippen LogP contribution is 2.35. The third-order valence-electron chi connectivity index (χ3n) is 3.90. The van der Waals surface area contributed by atoms with Crippen LogP contribution in [0, 0.1) is 10.1 Å². The summed E-state index contributed by atoms with van der Waals surface area (Å²) in [4.78, 5) is 24.6. The molecule has 1 aliphatic rings. The van der Waals surface area contributed by atoms with Crippen molar-refractivity contribution in [2.75, 3.05) is 13.2 Å². The summed E-state index contributed by atoms with van der Waals surface area (Å²) >= 11 is 1.30. The average molecular weight is 358 g/mol. The van der Waals surface area contributed by atoms with Gasteiger partial charge in [-0.15, -0.1) is 0 Å². The lowest BCUT2D eigenvalue weighted by Gasteiger charge is -2.11. The molecule has 1 aliphatic heterocycles. The number of nitrogens with zero attached hydrogens (tertiary/aromatic N) is 1. The normalized spacial score (nSPS) is 16.6. The summed E-state index contributed by atoms with van der Waals surface area (Å²) in [5.74, 6) is -0.324. The number of nitro groups is 1. The van der Waals surface area contributed by atoms with E-state index in [0.717, 1.165) is 24.3 Å². The van der Waals surface area contributed by atoms with Crippen molar-refractivity contribution in [3.05, 3.63) is 64.2 Å². The molecule has 2 aromatic carbocycles. The summed E-state index contributed by atoms with van der Waals surface area (Å²) in [5, 5.41) is 14.2. The summed E-state index contributed by atoms with van der Waals surface area (Å²) in [5.41, 5.74) is 0.209. The molecule has 130 valence electrons. The zero-order valence-electron chi connectivity index (χ0n) is 13.5. The molecule has 1 atom stereocenters. The number of nitro benzene ring substituents is 1. The minimum Gasteiger partial charge on any atom is -0.376 e. The van der Waals surface area contributed by atoms with E-state index < -0.39 is 4.92 Å². The van der Waals surface area contributed by atoms with E-state index in [9.17, 15) is 14.9 Å². The fraction of sp³-hybridized carbons (Fsp3) is 0.278. The molecule has 6 nitrogen and oxygen atoms in total. The van der Waals surface area contributed by atoms with Gasteiger partial charge in [0.2, 0.25) is 0 Å². The van der Waals surface area contributed by atoms with Crippen LogP contribution in [-0.2, 0) is 4.74 Å². The highest BCUT2D eigenvalue weighted by molar-refractivity contribution is 7.99. The van der Waals surface area contributed by atoms with Crippen molar-refractivity contribution in [1.29, 1.82) is 0 Å². The molecule has 0 radical (unpaired) electrons. The fourth-order valence-electron chi connectivity index (χ4n) is 2.62. The molecule has 0 saturated carbocycles. The number of amides is 1. The number of nitrogens with one attached hydrogen (secondary N) is 1. The molecule has 0 aromatic heterocycles. The molecule has 1 fully saturated rings. The molecule has 0 aliphatic carbocycles. The van der Waals surface area contributed by atoms with E-state index in [0.29, 0.717) is 11.4 Å². The van der Waals surface area contributed by atoms with Crippen molar-refractivity contribution in [3.63, 3.8) is 0 Å². The van der Waals surface area contributed by atoms with Crippen molar-refractivity contribution in [1.82, 2.24) is 5.32 Å². The second kappa shape index (κ2) is 8.13. The molecule has 1 amide bonds. The lowest BCUT2D eigenvalue weighted by atomic mass is 10.2. The van der Waals surface area contributed by atoms with Crippen molar-refractivity contribution in [2.24, 2.45) is 0 Å². The van der Waals surface area contributed by atoms with Crippen LogP contribution in [0.1, 0.15) is 23.2 Å². The fourth-order valence-corrected chi connectivity index (χ4v) is 3.54. The van der Waals surface area contributed by atoms with Crippen molar-refractivity contribution >= 4 is 23.4 Å². The highest BCUT2D eigenvalue weighted by atomic mass is 32.2. The quantitative estimate of drug-likeness (QED) is 0.629. The van der Waals surface area contributed by atoms with E-state index in [2.05, 4.69) is 5.32 Å². The van der Waals surface area contributed by atoms with Crippen molar-refractivity contribution in [2.45, 2.75) is 28.7 Å². The molecule has 2 aromatic rings. The van der Waals surface area contributed by atoms with Gasteiger partial charge in [-0.1, -0.05) is 30.0 Å². The van der Waals surface area contributed by atoms with Gasteiger partial charge in [-0.25, -0.2) is 0 Å². The second-order valence-corrected chi connectivity index (χ2v) is 6.82. The first-order valence-corrected chi connectivity index (χ1v) is 8.86. The summed E-state index contributed by atoms with van der Waals surface area (Å²) in [6.07, 6.45) is 1.96. The zero-order valence-corrected chi connectivity index (χ0v) is 14.3. The van der Waals surface area contributed by atoms with Crippen LogP contribution in [0.4, 0.5) is 5.69 Å². The molecule has 1 N–H and O–H groups in total. The van der Waals surface area contributed by atoms with E-state index in [4.69, 9.17) is 4.74 Å². The van der Waals surface area contributed by atoms with Crippen LogP contribution in [0.25, 0.3) is 0 Å². The lowest BCUT2D eigenvalue weighted by molar-refractivity contribution is -0.387. The van der Waals surface area contributed by atoms with Gasteiger partial charge in [0.05, 0.1) is 15.9 Å². The molecule has 0 spiro atoms. The van der Waals surface area contributed by atoms with E-state index in [1.54, 1.807) is 12.1 Å². The van der Waals surface area contributed by atoms with E-state index in [-0.39, 0.29) is 23.3 Å². The Balaban J connectivity index is 1.73. The number of ether oxygens (including phenoxy) is 1. The Bertz CT molecular complexity index is 761. The minimum atomic E-state index is -0.456. The third-order valence-corrected chi connectivity index (χ3v) is 4.98. The van der Waals surface area contributed by atoms with Gasteiger partial charge >= 0.3 is 0 Å². The number of benzene rings is 2.